The Morgan fingerprint density at radius 1 is 1.42 bits per heavy atom. The number of nitrogens with one attached hydrogen (secondary N) is 2. The van der Waals surface area contributed by atoms with E-state index in [0.29, 0.717) is 28.1 Å². The standard InChI is InChI=1S/C17H23ClN4O2/c1-11(18)7-8-12(2)22(5)14-9-10-15(21-17(14)24-6)20-16(23)13(3)19-4/h7-10,13,19H,1-2H2,3-6H3,(H,20,21,23). The second-order valence-electron chi connectivity index (χ2n) is 5.06. The van der Waals surface area contributed by atoms with Crippen molar-refractivity contribution >= 4 is 29.0 Å². The van der Waals surface area contributed by atoms with Gasteiger partial charge in [0.15, 0.2) is 0 Å². The number of anilines is 2. The van der Waals surface area contributed by atoms with Gasteiger partial charge in [0.1, 0.15) is 11.5 Å². The van der Waals surface area contributed by atoms with Crippen molar-refractivity contribution in [3.05, 3.63) is 48.2 Å². The van der Waals surface area contributed by atoms with E-state index in [4.69, 9.17) is 16.3 Å². The molecular formula is C17H23ClN4O2. The van der Waals surface area contributed by atoms with Crippen LogP contribution in [0, 0.1) is 0 Å². The highest BCUT2D eigenvalue weighted by atomic mass is 35.5. The highest BCUT2D eigenvalue weighted by molar-refractivity contribution is 6.30. The van der Waals surface area contributed by atoms with Crippen LogP contribution in [0.5, 0.6) is 5.88 Å². The fourth-order valence-corrected chi connectivity index (χ4v) is 1.79. The van der Waals surface area contributed by atoms with Gasteiger partial charge in [-0.2, -0.15) is 4.98 Å². The van der Waals surface area contributed by atoms with Crippen LogP contribution in [0.2, 0.25) is 0 Å². The average Bonchev–Trinajstić information content (AvgIpc) is 2.57. The average molecular weight is 351 g/mol. The van der Waals surface area contributed by atoms with E-state index in [1.165, 1.54) is 7.11 Å². The summed E-state index contributed by atoms with van der Waals surface area (Å²) in [5.74, 6) is 0.596. The number of carbonyl (C=O) groups is 1. The van der Waals surface area contributed by atoms with E-state index < -0.39 is 0 Å². The molecule has 7 heteroatoms. The molecule has 130 valence electrons. The molecule has 0 aliphatic rings. The number of nitrogens with zero attached hydrogens (tertiary/aromatic N) is 2. The van der Waals surface area contributed by atoms with E-state index >= 15 is 0 Å². The fourth-order valence-electron chi connectivity index (χ4n) is 1.73. The molecule has 6 nitrogen and oxygen atoms in total. The van der Waals surface area contributed by atoms with Crippen molar-refractivity contribution in [1.82, 2.24) is 10.3 Å². The first kappa shape index (κ1) is 19.7. The Hall–Kier alpha value is -2.31. The van der Waals surface area contributed by atoms with Crippen LogP contribution >= 0.6 is 11.6 Å². The Bertz CT molecular complexity index is 658. The number of likely N-dealkylation sites (N-methyl/N-ethyl adjacent to an activating group) is 2. The number of hydrogen-bond acceptors (Lipinski definition) is 5. The van der Waals surface area contributed by atoms with E-state index in [2.05, 4.69) is 28.8 Å². The van der Waals surface area contributed by atoms with Gasteiger partial charge in [-0.3, -0.25) is 4.79 Å². The summed E-state index contributed by atoms with van der Waals surface area (Å²) in [6.45, 7) is 9.31. The van der Waals surface area contributed by atoms with E-state index in [9.17, 15) is 4.79 Å². The van der Waals surface area contributed by atoms with E-state index in [1.54, 1.807) is 43.2 Å². The maximum atomic E-state index is 11.9. The lowest BCUT2D eigenvalue weighted by atomic mass is 10.3. The highest BCUT2D eigenvalue weighted by Crippen LogP contribution is 2.29. The second-order valence-corrected chi connectivity index (χ2v) is 5.54. The van der Waals surface area contributed by atoms with Crippen LogP contribution in [-0.2, 0) is 4.79 Å². The van der Waals surface area contributed by atoms with Gasteiger partial charge in [-0.1, -0.05) is 24.8 Å². The lowest BCUT2D eigenvalue weighted by Gasteiger charge is -2.22. The molecule has 0 bridgehead atoms. The van der Waals surface area contributed by atoms with Crippen LogP contribution < -0.4 is 20.3 Å². The van der Waals surface area contributed by atoms with E-state index in [1.807, 2.05) is 7.05 Å². The number of ether oxygens (including phenoxy) is 1. The SMILES string of the molecule is C=C(Cl)C=CC(=C)N(C)c1ccc(NC(=O)C(C)NC)nc1OC. The largest absolute Gasteiger partial charge is 0.479 e. The molecule has 1 aromatic heterocycles. The van der Waals surface area contributed by atoms with Crippen molar-refractivity contribution in [3.63, 3.8) is 0 Å². The molecule has 0 saturated heterocycles. The number of methoxy groups -OCH3 is 1. The van der Waals surface area contributed by atoms with Gasteiger partial charge in [-0.25, -0.2) is 0 Å². The van der Waals surface area contributed by atoms with Gasteiger partial charge in [0.2, 0.25) is 11.8 Å². The van der Waals surface area contributed by atoms with Crippen LogP contribution in [0.1, 0.15) is 6.92 Å². The first-order valence-electron chi connectivity index (χ1n) is 7.28. The summed E-state index contributed by atoms with van der Waals surface area (Å²) in [5, 5.41) is 6.00. The highest BCUT2D eigenvalue weighted by Gasteiger charge is 2.15. The molecular weight excluding hydrogens is 328 g/mol. The lowest BCUT2D eigenvalue weighted by Crippen LogP contribution is -2.35. The first-order chi connectivity index (χ1) is 11.3. The Labute approximate surface area is 147 Å². The van der Waals surface area contributed by atoms with Crippen molar-refractivity contribution < 1.29 is 9.53 Å². The predicted octanol–water partition coefficient (Wildman–Crippen LogP) is 2.90. The molecule has 0 aliphatic carbocycles. The normalized spacial score (nSPS) is 11.9. The minimum Gasteiger partial charge on any atom is -0.479 e. The molecule has 24 heavy (non-hydrogen) atoms. The zero-order valence-electron chi connectivity index (χ0n) is 14.4. The van der Waals surface area contributed by atoms with Crippen molar-refractivity contribution in [2.45, 2.75) is 13.0 Å². The summed E-state index contributed by atoms with van der Waals surface area (Å²) in [7, 11) is 5.05. The molecule has 1 aromatic rings. The van der Waals surface area contributed by atoms with Crippen LogP contribution in [0.4, 0.5) is 11.5 Å². The van der Waals surface area contributed by atoms with Gasteiger partial charge >= 0.3 is 0 Å². The van der Waals surface area contributed by atoms with Gasteiger partial charge in [0, 0.05) is 17.8 Å². The van der Waals surface area contributed by atoms with Crippen LogP contribution in [0.3, 0.4) is 0 Å². The molecule has 1 rings (SSSR count). The number of carbonyl (C=O) groups excluding carboxylic acids is 1. The van der Waals surface area contributed by atoms with Crippen molar-refractivity contribution in [2.24, 2.45) is 0 Å². The molecule has 0 spiro atoms. The zero-order chi connectivity index (χ0) is 18.3. The van der Waals surface area contributed by atoms with Crippen molar-refractivity contribution in [3.8, 4) is 5.88 Å². The summed E-state index contributed by atoms with van der Waals surface area (Å²) in [6.07, 6.45) is 3.38. The number of amides is 1. The molecule has 0 aromatic carbocycles. The smallest absolute Gasteiger partial charge is 0.242 e. The van der Waals surface area contributed by atoms with Crippen molar-refractivity contribution in [2.75, 3.05) is 31.4 Å². The topological polar surface area (TPSA) is 66.5 Å². The maximum absolute atomic E-state index is 11.9. The Morgan fingerprint density at radius 2 is 2.08 bits per heavy atom. The molecule has 0 saturated carbocycles. The number of pyridine rings is 1. The van der Waals surface area contributed by atoms with Crippen molar-refractivity contribution in [1.29, 1.82) is 0 Å². The molecule has 1 unspecified atom stereocenters. The minimum atomic E-state index is -0.325. The molecule has 0 fully saturated rings. The third-order valence-electron chi connectivity index (χ3n) is 3.36. The number of allylic oxidation sites excluding steroid dienone is 3. The van der Waals surface area contributed by atoms with Gasteiger partial charge in [0.25, 0.3) is 0 Å². The van der Waals surface area contributed by atoms with E-state index in [-0.39, 0.29) is 11.9 Å². The Balaban J connectivity index is 3.00. The summed E-state index contributed by atoms with van der Waals surface area (Å²) in [6, 6.07) is 3.17. The quantitative estimate of drug-likeness (QED) is 0.706. The number of halogens is 1. The monoisotopic (exact) mass is 350 g/mol. The van der Waals surface area contributed by atoms with Crippen LogP contribution in [0.15, 0.2) is 48.2 Å². The predicted molar refractivity (Wildman–Crippen MR) is 99.6 cm³/mol. The lowest BCUT2D eigenvalue weighted by molar-refractivity contribution is -0.117. The Morgan fingerprint density at radius 3 is 2.62 bits per heavy atom. The van der Waals surface area contributed by atoms with Gasteiger partial charge in [-0.05, 0) is 38.3 Å². The number of hydrogen-bond donors (Lipinski definition) is 2. The molecule has 0 radical (unpaired) electrons. The molecule has 1 atom stereocenters. The Kier molecular flexibility index (Phi) is 7.48. The zero-order valence-corrected chi connectivity index (χ0v) is 15.1. The third kappa shape index (κ3) is 5.40. The molecule has 1 heterocycles. The first-order valence-corrected chi connectivity index (χ1v) is 7.66. The molecule has 2 N–H and O–H groups in total. The van der Waals surface area contributed by atoms with Crippen LogP contribution in [0.25, 0.3) is 0 Å². The van der Waals surface area contributed by atoms with Gasteiger partial charge < -0.3 is 20.3 Å². The summed E-state index contributed by atoms with van der Waals surface area (Å²) in [5.41, 5.74) is 1.38. The summed E-state index contributed by atoms with van der Waals surface area (Å²) in [4.78, 5) is 18.0. The summed E-state index contributed by atoms with van der Waals surface area (Å²) >= 11 is 5.71. The summed E-state index contributed by atoms with van der Waals surface area (Å²) < 4.78 is 5.32. The fraction of sp³-hybridized carbons (Fsp3) is 0.294. The molecule has 0 aliphatic heterocycles. The maximum Gasteiger partial charge on any atom is 0.242 e. The molecule has 1 amide bonds. The van der Waals surface area contributed by atoms with Gasteiger partial charge in [-0.15, -0.1) is 0 Å². The van der Waals surface area contributed by atoms with Crippen LogP contribution in [-0.4, -0.2) is 38.1 Å². The third-order valence-corrected chi connectivity index (χ3v) is 3.49. The minimum absolute atomic E-state index is 0.180. The number of aromatic nitrogens is 1. The number of rotatable bonds is 8. The second kappa shape index (κ2) is 9.10. The van der Waals surface area contributed by atoms with Gasteiger partial charge in [0.05, 0.1) is 13.2 Å². The van der Waals surface area contributed by atoms with E-state index in [0.717, 1.165) is 0 Å².